The predicted octanol–water partition coefficient (Wildman–Crippen LogP) is 0.710. The molecule has 1 aromatic rings. The van der Waals surface area contributed by atoms with Crippen molar-refractivity contribution in [2.24, 2.45) is 0 Å². The van der Waals surface area contributed by atoms with E-state index in [9.17, 15) is 16.8 Å². The molecular weight excluding hydrogens is 312 g/mol. The second kappa shape index (κ2) is 5.94. The Morgan fingerprint density at radius 1 is 1.24 bits per heavy atom. The molecule has 2 rings (SSSR count). The van der Waals surface area contributed by atoms with E-state index in [1.807, 2.05) is 0 Å². The molecule has 8 heteroatoms. The number of benzene rings is 1. The maximum Gasteiger partial charge on any atom is 0.242 e. The van der Waals surface area contributed by atoms with Gasteiger partial charge >= 0.3 is 0 Å². The molecule has 0 aromatic heterocycles. The van der Waals surface area contributed by atoms with E-state index in [0.29, 0.717) is 0 Å². The van der Waals surface area contributed by atoms with Crippen molar-refractivity contribution in [3.05, 3.63) is 23.8 Å². The van der Waals surface area contributed by atoms with Crippen molar-refractivity contribution in [2.75, 3.05) is 37.5 Å². The number of sulfonamides is 1. The van der Waals surface area contributed by atoms with Crippen LogP contribution in [0.25, 0.3) is 0 Å². The Balaban J connectivity index is 2.23. The first kappa shape index (κ1) is 16.3. The minimum atomic E-state index is -3.65. The third-order valence-corrected chi connectivity index (χ3v) is 6.28. The highest BCUT2D eigenvalue weighted by atomic mass is 32.2. The third-order valence-electron chi connectivity index (χ3n) is 3.50. The van der Waals surface area contributed by atoms with Gasteiger partial charge in [-0.25, -0.2) is 16.8 Å². The molecule has 0 spiro atoms. The van der Waals surface area contributed by atoms with Gasteiger partial charge in [-0.2, -0.15) is 4.31 Å². The zero-order chi connectivity index (χ0) is 15.7. The van der Waals surface area contributed by atoms with Gasteiger partial charge in [-0.1, -0.05) is 0 Å². The summed E-state index contributed by atoms with van der Waals surface area (Å²) < 4.78 is 48.3. The van der Waals surface area contributed by atoms with Crippen molar-refractivity contribution >= 4 is 25.5 Å². The summed E-state index contributed by atoms with van der Waals surface area (Å²) >= 11 is 0. The Morgan fingerprint density at radius 3 is 2.62 bits per heavy atom. The molecule has 1 heterocycles. The van der Waals surface area contributed by atoms with Crippen LogP contribution in [0.15, 0.2) is 23.1 Å². The first-order valence-corrected chi connectivity index (χ1v) is 10.2. The van der Waals surface area contributed by atoms with Crippen LogP contribution in [0.2, 0.25) is 0 Å². The number of nitrogens with zero attached hydrogens (tertiary/aromatic N) is 1. The highest BCUT2D eigenvalue weighted by molar-refractivity contribution is 7.91. The lowest BCUT2D eigenvalue weighted by atomic mass is 10.0. The molecule has 0 unspecified atom stereocenters. The zero-order valence-corrected chi connectivity index (χ0v) is 13.8. The standard InChI is InChI=1S/C13H20N2O4S2/c1-15(8-9-20(2,16)17)21(18,19)12-5-6-13-11(10-12)4-3-7-14-13/h5-6,10,14H,3-4,7-9H2,1-2H3. The average Bonchev–Trinajstić information content (AvgIpc) is 2.43. The van der Waals surface area contributed by atoms with Crippen LogP contribution in [0.5, 0.6) is 0 Å². The van der Waals surface area contributed by atoms with Crippen molar-refractivity contribution in [3.8, 4) is 0 Å². The Kier molecular flexibility index (Phi) is 4.60. The van der Waals surface area contributed by atoms with Crippen LogP contribution in [-0.4, -0.2) is 53.3 Å². The molecular formula is C13H20N2O4S2. The predicted molar refractivity (Wildman–Crippen MR) is 82.8 cm³/mol. The third kappa shape index (κ3) is 3.96. The van der Waals surface area contributed by atoms with E-state index in [-0.39, 0.29) is 17.2 Å². The SMILES string of the molecule is CN(CCS(C)(=O)=O)S(=O)(=O)c1ccc2c(c1)CCCN2. The topological polar surface area (TPSA) is 83.6 Å². The van der Waals surface area contributed by atoms with E-state index in [1.54, 1.807) is 18.2 Å². The quantitative estimate of drug-likeness (QED) is 0.858. The molecule has 0 aliphatic carbocycles. The molecule has 0 bridgehead atoms. The van der Waals surface area contributed by atoms with Crippen molar-refractivity contribution < 1.29 is 16.8 Å². The van der Waals surface area contributed by atoms with E-state index >= 15 is 0 Å². The molecule has 0 saturated heterocycles. The average molecular weight is 332 g/mol. The van der Waals surface area contributed by atoms with Crippen LogP contribution in [-0.2, 0) is 26.3 Å². The Bertz CT molecular complexity index is 727. The maximum atomic E-state index is 12.4. The molecule has 1 aromatic carbocycles. The largest absolute Gasteiger partial charge is 0.385 e. The van der Waals surface area contributed by atoms with Crippen LogP contribution in [0.3, 0.4) is 0 Å². The molecule has 21 heavy (non-hydrogen) atoms. The summed E-state index contributed by atoms with van der Waals surface area (Å²) in [6, 6.07) is 5.00. The maximum absolute atomic E-state index is 12.4. The summed E-state index contributed by atoms with van der Waals surface area (Å²) in [5.74, 6) is -0.185. The van der Waals surface area contributed by atoms with E-state index in [0.717, 1.165) is 41.2 Å². The summed E-state index contributed by atoms with van der Waals surface area (Å²) in [6.07, 6.45) is 2.91. The molecule has 1 aliphatic heterocycles. The van der Waals surface area contributed by atoms with Crippen molar-refractivity contribution in [1.82, 2.24) is 4.31 Å². The van der Waals surface area contributed by atoms with Gasteiger partial charge in [0.15, 0.2) is 0 Å². The van der Waals surface area contributed by atoms with Gasteiger partial charge in [0, 0.05) is 32.1 Å². The lowest BCUT2D eigenvalue weighted by Gasteiger charge is -2.21. The Morgan fingerprint density at radius 2 is 1.95 bits per heavy atom. The second-order valence-electron chi connectivity index (χ2n) is 5.31. The molecule has 0 radical (unpaired) electrons. The zero-order valence-electron chi connectivity index (χ0n) is 12.2. The Labute approximate surface area is 126 Å². The number of aryl methyl sites for hydroxylation is 1. The molecule has 0 atom stereocenters. The summed E-state index contributed by atoms with van der Waals surface area (Å²) in [7, 11) is -5.44. The van der Waals surface area contributed by atoms with Gasteiger partial charge in [0.1, 0.15) is 9.84 Å². The molecule has 118 valence electrons. The molecule has 6 nitrogen and oxygen atoms in total. The van der Waals surface area contributed by atoms with Gasteiger partial charge in [0.25, 0.3) is 0 Å². The number of fused-ring (bicyclic) bond motifs is 1. The monoisotopic (exact) mass is 332 g/mol. The molecule has 1 N–H and O–H groups in total. The Hall–Kier alpha value is -1.12. The van der Waals surface area contributed by atoms with Crippen LogP contribution >= 0.6 is 0 Å². The highest BCUT2D eigenvalue weighted by Gasteiger charge is 2.23. The van der Waals surface area contributed by atoms with Crippen molar-refractivity contribution in [3.63, 3.8) is 0 Å². The fraction of sp³-hybridized carbons (Fsp3) is 0.538. The minimum Gasteiger partial charge on any atom is -0.385 e. The lowest BCUT2D eigenvalue weighted by molar-refractivity contribution is 0.484. The van der Waals surface area contributed by atoms with Gasteiger partial charge < -0.3 is 5.32 Å². The number of nitrogens with one attached hydrogen (secondary N) is 1. The molecule has 1 aliphatic rings. The summed E-state index contributed by atoms with van der Waals surface area (Å²) in [4.78, 5) is 0.209. The normalized spacial score (nSPS) is 15.6. The number of sulfone groups is 1. The van der Waals surface area contributed by atoms with Crippen LogP contribution in [0, 0.1) is 0 Å². The number of rotatable bonds is 5. The van der Waals surface area contributed by atoms with Gasteiger partial charge in [-0.3, -0.25) is 0 Å². The summed E-state index contributed by atoms with van der Waals surface area (Å²) in [5.41, 5.74) is 1.96. The summed E-state index contributed by atoms with van der Waals surface area (Å²) in [6.45, 7) is 0.851. The van der Waals surface area contributed by atoms with E-state index in [2.05, 4.69) is 5.32 Å². The van der Waals surface area contributed by atoms with Gasteiger partial charge in [0.2, 0.25) is 10.0 Å². The number of hydrogen-bond donors (Lipinski definition) is 1. The van der Waals surface area contributed by atoms with E-state index in [4.69, 9.17) is 0 Å². The van der Waals surface area contributed by atoms with E-state index < -0.39 is 19.9 Å². The summed E-state index contributed by atoms with van der Waals surface area (Å²) in [5, 5.41) is 3.23. The van der Waals surface area contributed by atoms with Crippen molar-refractivity contribution in [1.29, 1.82) is 0 Å². The van der Waals surface area contributed by atoms with Crippen molar-refractivity contribution in [2.45, 2.75) is 17.7 Å². The van der Waals surface area contributed by atoms with Crippen LogP contribution in [0.1, 0.15) is 12.0 Å². The van der Waals surface area contributed by atoms with Gasteiger partial charge in [-0.05, 0) is 36.6 Å². The molecule has 0 fully saturated rings. The van der Waals surface area contributed by atoms with Crippen LogP contribution in [0.4, 0.5) is 5.69 Å². The van der Waals surface area contributed by atoms with E-state index in [1.165, 1.54) is 7.05 Å². The second-order valence-corrected chi connectivity index (χ2v) is 9.61. The van der Waals surface area contributed by atoms with Gasteiger partial charge in [-0.15, -0.1) is 0 Å². The first-order valence-electron chi connectivity index (χ1n) is 6.71. The fourth-order valence-corrected chi connectivity index (χ4v) is 4.15. The van der Waals surface area contributed by atoms with Crippen LogP contribution < -0.4 is 5.32 Å². The fourth-order valence-electron chi connectivity index (χ4n) is 2.21. The highest BCUT2D eigenvalue weighted by Crippen LogP contribution is 2.26. The minimum absolute atomic E-state index is 0.0451. The number of anilines is 1. The first-order chi connectivity index (χ1) is 9.70. The van der Waals surface area contributed by atoms with Gasteiger partial charge in [0.05, 0.1) is 10.6 Å². The number of hydrogen-bond acceptors (Lipinski definition) is 5. The smallest absolute Gasteiger partial charge is 0.242 e. The molecule has 0 saturated carbocycles. The molecule has 0 amide bonds. The lowest BCUT2D eigenvalue weighted by Crippen LogP contribution is -2.31.